The lowest BCUT2D eigenvalue weighted by atomic mass is 10.1. The van der Waals surface area contributed by atoms with E-state index >= 15 is 0 Å². The van der Waals surface area contributed by atoms with Crippen LogP contribution < -0.4 is 19.6 Å². The molecule has 1 amide bonds. The molecule has 21 heavy (non-hydrogen) atoms. The third kappa shape index (κ3) is 4.82. The molecule has 0 aliphatic heterocycles. The summed E-state index contributed by atoms with van der Waals surface area (Å²) in [5.74, 6) is 1.32. The summed E-state index contributed by atoms with van der Waals surface area (Å²) < 4.78 is 16.7. The Morgan fingerprint density at radius 3 is 1.86 bits per heavy atom. The zero-order chi connectivity index (χ0) is 15.8. The highest BCUT2D eigenvalue weighted by atomic mass is 16.5. The average molecular weight is 296 g/mol. The fourth-order valence-electron chi connectivity index (χ4n) is 1.79. The van der Waals surface area contributed by atoms with Gasteiger partial charge in [0.25, 0.3) is 5.91 Å². The Kier molecular flexibility index (Phi) is 6.81. The average Bonchev–Trinajstić information content (AvgIpc) is 2.41. The molecule has 0 atom stereocenters. The summed E-state index contributed by atoms with van der Waals surface area (Å²) in [6.45, 7) is 7.08. The maximum Gasteiger partial charge on any atom is 0.265 e. The van der Waals surface area contributed by atoms with Gasteiger partial charge in [0.15, 0.2) is 11.5 Å². The van der Waals surface area contributed by atoms with Crippen molar-refractivity contribution in [3.63, 3.8) is 0 Å². The molecule has 6 nitrogen and oxygen atoms in total. The number of ether oxygens (including phenoxy) is 3. The first-order chi connectivity index (χ1) is 10.0. The summed E-state index contributed by atoms with van der Waals surface area (Å²) in [6, 6.07) is 3.33. The number of carbonyl (C=O) groups is 1. The number of amides is 1. The molecule has 6 heteroatoms. The maximum absolute atomic E-state index is 12.1. The Morgan fingerprint density at radius 2 is 1.48 bits per heavy atom. The van der Waals surface area contributed by atoms with Crippen molar-refractivity contribution < 1.29 is 19.0 Å². The molecule has 0 aliphatic carbocycles. The Morgan fingerprint density at radius 1 is 1.00 bits per heavy atom. The number of nitrogens with one attached hydrogen (secondary N) is 1. The van der Waals surface area contributed by atoms with E-state index in [1.54, 1.807) is 31.2 Å². The van der Waals surface area contributed by atoms with Crippen molar-refractivity contribution in [3.8, 4) is 17.2 Å². The van der Waals surface area contributed by atoms with Crippen LogP contribution in [0.15, 0.2) is 12.1 Å². The molecule has 1 aromatic carbocycles. The van der Waals surface area contributed by atoms with E-state index in [0.717, 1.165) is 0 Å². The molecule has 1 aromatic rings. The molecule has 0 bridgehead atoms. The van der Waals surface area contributed by atoms with Crippen LogP contribution in [0.2, 0.25) is 0 Å². The minimum absolute atomic E-state index is 0.232. The van der Waals surface area contributed by atoms with Gasteiger partial charge in [-0.2, -0.15) is 0 Å². The van der Waals surface area contributed by atoms with Gasteiger partial charge in [-0.15, -0.1) is 0 Å². The Bertz CT molecular complexity index is 448. The number of rotatable bonds is 8. The molecule has 1 N–H and O–H groups in total. The zero-order valence-electron chi connectivity index (χ0n) is 13.4. The molecule has 0 aliphatic rings. The fraction of sp³-hybridized carbons (Fsp3) is 0.533. The topological polar surface area (TPSA) is 60.0 Å². The van der Waals surface area contributed by atoms with Gasteiger partial charge in [-0.1, -0.05) is 0 Å². The highest BCUT2D eigenvalue weighted by Crippen LogP contribution is 2.39. The monoisotopic (exact) mass is 296 g/mol. The van der Waals surface area contributed by atoms with Crippen LogP contribution in [0.25, 0.3) is 0 Å². The molecule has 0 spiro atoms. The van der Waals surface area contributed by atoms with Crippen molar-refractivity contribution in [1.29, 1.82) is 0 Å². The third-order valence-corrected chi connectivity index (χ3v) is 2.50. The normalized spacial score (nSPS) is 10.4. The Hall–Kier alpha value is -1.95. The van der Waals surface area contributed by atoms with Crippen LogP contribution in [0.4, 0.5) is 0 Å². The first kappa shape index (κ1) is 17.1. The summed E-state index contributed by atoms with van der Waals surface area (Å²) >= 11 is 0. The van der Waals surface area contributed by atoms with E-state index < -0.39 is 0 Å². The second kappa shape index (κ2) is 8.36. The quantitative estimate of drug-likeness (QED) is 0.744. The van der Waals surface area contributed by atoms with Gasteiger partial charge >= 0.3 is 0 Å². The molecule has 118 valence electrons. The fourth-order valence-corrected chi connectivity index (χ4v) is 1.79. The molecule has 1 rings (SSSR count). The Balaban J connectivity index is 3.24. The van der Waals surface area contributed by atoms with Crippen LogP contribution in [0, 0.1) is 0 Å². The van der Waals surface area contributed by atoms with Crippen LogP contribution in [0.1, 0.15) is 31.1 Å². The van der Waals surface area contributed by atoms with Gasteiger partial charge in [0, 0.05) is 19.7 Å². The minimum Gasteiger partial charge on any atom is -0.490 e. The molecule has 0 saturated carbocycles. The standard InChI is InChI=1S/C15H24N2O4/c1-6-19-12-9-11(15(18)16-17(4)5)10-13(20-7-2)14(12)21-8-3/h9-10H,6-8H2,1-5H3,(H,16,18). The summed E-state index contributed by atoms with van der Waals surface area (Å²) in [4.78, 5) is 12.1. The largest absolute Gasteiger partial charge is 0.490 e. The summed E-state index contributed by atoms with van der Waals surface area (Å²) in [5, 5.41) is 1.58. The maximum atomic E-state index is 12.1. The molecule has 0 aromatic heterocycles. The Labute approximate surface area is 125 Å². The lowest BCUT2D eigenvalue weighted by Crippen LogP contribution is -2.36. The predicted octanol–water partition coefficient (Wildman–Crippen LogP) is 2.09. The minimum atomic E-state index is -0.232. The van der Waals surface area contributed by atoms with E-state index in [2.05, 4.69) is 5.43 Å². The number of benzene rings is 1. The molecular formula is C15H24N2O4. The van der Waals surface area contributed by atoms with E-state index in [9.17, 15) is 4.79 Å². The van der Waals surface area contributed by atoms with Crippen LogP contribution in [-0.4, -0.2) is 44.8 Å². The predicted molar refractivity (Wildman–Crippen MR) is 81.1 cm³/mol. The van der Waals surface area contributed by atoms with Crippen LogP contribution in [0.5, 0.6) is 17.2 Å². The number of nitrogens with zero attached hydrogens (tertiary/aromatic N) is 1. The van der Waals surface area contributed by atoms with E-state index in [1.165, 1.54) is 0 Å². The van der Waals surface area contributed by atoms with Crippen molar-refractivity contribution in [2.24, 2.45) is 0 Å². The van der Waals surface area contributed by atoms with Gasteiger partial charge in [0.1, 0.15) is 0 Å². The molecule has 0 saturated heterocycles. The second-order valence-electron chi connectivity index (χ2n) is 4.44. The van der Waals surface area contributed by atoms with Crippen molar-refractivity contribution >= 4 is 5.91 Å². The highest BCUT2D eigenvalue weighted by molar-refractivity contribution is 5.95. The lowest BCUT2D eigenvalue weighted by Gasteiger charge is -2.18. The third-order valence-electron chi connectivity index (χ3n) is 2.50. The number of hydrazine groups is 1. The SMILES string of the molecule is CCOc1cc(C(=O)NN(C)C)cc(OCC)c1OCC. The van der Waals surface area contributed by atoms with Gasteiger partial charge in [0.05, 0.1) is 19.8 Å². The lowest BCUT2D eigenvalue weighted by molar-refractivity contribution is 0.0855. The van der Waals surface area contributed by atoms with Crippen molar-refractivity contribution in [3.05, 3.63) is 17.7 Å². The number of carbonyl (C=O) groups excluding carboxylic acids is 1. The molecule has 0 radical (unpaired) electrons. The summed E-state index contributed by atoms with van der Waals surface area (Å²) in [7, 11) is 3.50. The van der Waals surface area contributed by atoms with E-state index in [0.29, 0.717) is 42.6 Å². The van der Waals surface area contributed by atoms with E-state index in [1.807, 2.05) is 20.8 Å². The molecular weight excluding hydrogens is 272 g/mol. The highest BCUT2D eigenvalue weighted by Gasteiger charge is 2.18. The van der Waals surface area contributed by atoms with Gasteiger partial charge < -0.3 is 14.2 Å². The van der Waals surface area contributed by atoms with Crippen molar-refractivity contribution in [1.82, 2.24) is 10.4 Å². The van der Waals surface area contributed by atoms with Crippen LogP contribution in [-0.2, 0) is 0 Å². The van der Waals surface area contributed by atoms with Crippen LogP contribution in [0.3, 0.4) is 0 Å². The second-order valence-corrected chi connectivity index (χ2v) is 4.44. The van der Waals surface area contributed by atoms with Crippen LogP contribution >= 0.6 is 0 Å². The first-order valence-corrected chi connectivity index (χ1v) is 7.08. The van der Waals surface area contributed by atoms with Crippen molar-refractivity contribution in [2.45, 2.75) is 20.8 Å². The smallest absolute Gasteiger partial charge is 0.265 e. The first-order valence-electron chi connectivity index (χ1n) is 7.08. The van der Waals surface area contributed by atoms with Gasteiger partial charge in [-0.3, -0.25) is 10.2 Å². The van der Waals surface area contributed by atoms with Gasteiger partial charge in [0.2, 0.25) is 5.75 Å². The van der Waals surface area contributed by atoms with Gasteiger partial charge in [-0.05, 0) is 32.9 Å². The molecule has 0 heterocycles. The number of hydrogen-bond donors (Lipinski definition) is 1. The van der Waals surface area contributed by atoms with E-state index in [4.69, 9.17) is 14.2 Å². The van der Waals surface area contributed by atoms with Gasteiger partial charge in [-0.25, -0.2) is 5.01 Å². The summed E-state index contributed by atoms with van der Waals surface area (Å²) in [6.07, 6.45) is 0. The molecule has 0 fully saturated rings. The summed E-state index contributed by atoms with van der Waals surface area (Å²) in [5.41, 5.74) is 3.15. The van der Waals surface area contributed by atoms with Crippen molar-refractivity contribution in [2.75, 3.05) is 33.9 Å². The van der Waals surface area contributed by atoms with E-state index in [-0.39, 0.29) is 5.91 Å². The molecule has 0 unspecified atom stereocenters. The number of hydrogen-bond acceptors (Lipinski definition) is 5. The zero-order valence-corrected chi connectivity index (χ0v) is 13.4.